The molecule has 0 spiro atoms. The second kappa shape index (κ2) is 8.01. The van der Waals surface area contributed by atoms with E-state index in [0.29, 0.717) is 11.3 Å². The van der Waals surface area contributed by atoms with E-state index in [9.17, 15) is 14.7 Å². The van der Waals surface area contributed by atoms with Crippen molar-refractivity contribution in [2.75, 3.05) is 19.5 Å². The van der Waals surface area contributed by atoms with Crippen molar-refractivity contribution in [3.05, 3.63) is 41.6 Å². The summed E-state index contributed by atoms with van der Waals surface area (Å²) in [5.41, 5.74) is 0.00485. The van der Waals surface area contributed by atoms with E-state index in [4.69, 9.17) is 0 Å². The fourth-order valence-corrected chi connectivity index (χ4v) is 1.49. The van der Waals surface area contributed by atoms with Crippen LogP contribution in [0.5, 0.6) is 0 Å². The van der Waals surface area contributed by atoms with Gasteiger partial charge in [0.2, 0.25) is 0 Å². The molecule has 0 saturated heterocycles. The van der Waals surface area contributed by atoms with Gasteiger partial charge in [-0.05, 0) is 32.0 Å². The van der Waals surface area contributed by atoms with Crippen molar-refractivity contribution in [2.45, 2.75) is 19.4 Å². The molecule has 0 fully saturated rings. The summed E-state index contributed by atoms with van der Waals surface area (Å²) in [5.74, 6) is 4.13. The van der Waals surface area contributed by atoms with Crippen molar-refractivity contribution in [1.82, 2.24) is 0 Å². The SMILES string of the molecule is COC(=O)/C=C(/Nc1cccc(C#CC(C)(C)O)c1)C(=O)OC. The molecule has 2 N–H and O–H groups in total. The van der Waals surface area contributed by atoms with Gasteiger partial charge in [-0.15, -0.1) is 0 Å². The predicted octanol–water partition coefficient (Wildman–Crippen LogP) is 1.45. The lowest BCUT2D eigenvalue weighted by atomic mass is 10.1. The Morgan fingerprint density at radius 3 is 2.52 bits per heavy atom. The van der Waals surface area contributed by atoms with Crippen LogP contribution in [0.25, 0.3) is 0 Å². The summed E-state index contributed by atoms with van der Waals surface area (Å²) in [4.78, 5) is 23.0. The maximum atomic E-state index is 11.7. The molecule has 0 aliphatic rings. The van der Waals surface area contributed by atoms with E-state index < -0.39 is 17.5 Å². The highest BCUT2D eigenvalue weighted by molar-refractivity contribution is 5.98. The molecule has 0 bridgehead atoms. The Morgan fingerprint density at radius 2 is 1.96 bits per heavy atom. The van der Waals surface area contributed by atoms with E-state index in [-0.39, 0.29) is 5.70 Å². The molecule has 6 heteroatoms. The molecule has 1 rings (SSSR count). The van der Waals surface area contributed by atoms with E-state index in [0.717, 1.165) is 6.08 Å². The van der Waals surface area contributed by atoms with Gasteiger partial charge in [-0.1, -0.05) is 17.9 Å². The highest BCUT2D eigenvalue weighted by Gasteiger charge is 2.13. The van der Waals surface area contributed by atoms with E-state index >= 15 is 0 Å². The largest absolute Gasteiger partial charge is 0.466 e. The van der Waals surface area contributed by atoms with Gasteiger partial charge in [0.05, 0.1) is 20.3 Å². The molecule has 23 heavy (non-hydrogen) atoms. The molecule has 0 aliphatic carbocycles. The number of benzene rings is 1. The van der Waals surface area contributed by atoms with E-state index in [1.165, 1.54) is 14.2 Å². The molecule has 0 radical (unpaired) electrons. The first-order valence-electron chi connectivity index (χ1n) is 6.76. The average Bonchev–Trinajstić information content (AvgIpc) is 2.51. The summed E-state index contributed by atoms with van der Waals surface area (Å²) in [6, 6.07) is 6.85. The summed E-state index contributed by atoms with van der Waals surface area (Å²) in [5, 5.41) is 12.4. The number of hydrogen-bond acceptors (Lipinski definition) is 6. The second-order valence-electron chi connectivity index (χ2n) is 5.09. The third kappa shape index (κ3) is 6.68. The summed E-state index contributed by atoms with van der Waals surface area (Å²) in [6.45, 7) is 3.16. The van der Waals surface area contributed by atoms with Crippen LogP contribution in [-0.2, 0) is 19.1 Å². The molecular weight excluding hydrogens is 298 g/mol. The number of rotatable bonds is 4. The Morgan fingerprint density at radius 1 is 1.26 bits per heavy atom. The highest BCUT2D eigenvalue weighted by Crippen LogP contribution is 2.14. The van der Waals surface area contributed by atoms with Crippen LogP contribution in [0.3, 0.4) is 0 Å². The van der Waals surface area contributed by atoms with Gasteiger partial charge >= 0.3 is 11.9 Å². The van der Waals surface area contributed by atoms with Crippen molar-refractivity contribution in [1.29, 1.82) is 0 Å². The zero-order chi connectivity index (χ0) is 17.5. The fourth-order valence-electron chi connectivity index (χ4n) is 1.49. The Labute approximate surface area is 135 Å². The molecule has 0 saturated carbocycles. The third-order valence-electron chi connectivity index (χ3n) is 2.52. The zero-order valence-corrected chi connectivity index (χ0v) is 13.5. The van der Waals surface area contributed by atoms with Crippen LogP contribution in [0.15, 0.2) is 36.0 Å². The van der Waals surface area contributed by atoms with Gasteiger partial charge in [-0.2, -0.15) is 0 Å². The van der Waals surface area contributed by atoms with Gasteiger partial charge in [0, 0.05) is 11.3 Å². The smallest absolute Gasteiger partial charge is 0.354 e. The number of hydrogen-bond donors (Lipinski definition) is 2. The summed E-state index contributed by atoms with van der Waals surface area (Å²) >= 11 is 0. The molecule has 122 valence electrons. The zero-order valence-electron chi connectivity index (χ0n) is 13.5. The number of methoxy groups -OCH3 is 2. The quantitative estimate of drug-likeness (QED) is 0.497. The standard InChI is InChI=1S/C17H19NO5/c1-17(2,21)9-8-12-6-5-7-13(10-12)18-14(16(20)23-4)11-15(19)22-3/h5-7,10-11,18,21H,1-4H3/b14-11+. The number of carbonyl (C=O) groups is 2. The number of nitrogens with one attached hydrogen (secondary N) is 1. The Balaban J connectivity index is 3.05. The fraction of sp³-hybridized carbons (Fsp3) is 0.294. The van der Waals surface area contributed by atoms with Gasteiger partial charge in [0.1, 0.15) is 11.3 Å². The number of carbonyl (C=O) groups excluding carboxylic acids is 2. The lowest BCUT2D eigenvalue weighted by Crippen LogP contribution is -2.15. The van der Waals surface area contributed by atoms with Crippen molar-refractivity contribution in [2.24, 2.45) is 0 Å². The van der Waals surface area contributed by atoms with Gasteiger partial charge in [0.25, 0.3) is 0 Å². The molecule has 0 atom stereocenters. The van der Waals surface area contributed by atoms with Crippen molar-refractivity contribution in [3.63, 3.8) is 0 Å². The molecule has 0 unspecified atom stereocenters. The topological polar surface area (TPSA) is 84.9 Å². The minimum absolute atomic E-state index is 0.0630. The molecular formula is C17H19NO5. The van der Waals surface area contributed by atoms with Gasteiger partial charge in [-0.25, -0.2) is 9.59 Å². The molecule has 0 amide bonds. The first kappa shape index (κ1) is 18.3. The number of anilines is 1. The number of esters is 2. The first-order valence-corrected chi connectivity index (χ1v) is 6.76. The van der Waals surface area contributed by atoms with Crippen LogP contribution >= 0.6 is 0 Å². The normalized spacial score (nSPS) is 11.1. The van der Waals surface area contributed by atoms with Crippen molar-refractivity contribution < 1.29 is 24.2 Å². The summed E-state index contributed by atoms with van der Waals surface area (Å²) in [7, 11) is 2.42. The second-order valence-corrected chi connectivity index (χ2v) is 5.09. The van der Waals surface area contributed by atoms with Crippen LogP contribution in [-0.4, -0.2) is 36.9 Å². The Kier molecular flexibility index (Phi) is 6.36. The maximum absolute atomic E-state index is 11.7. The van der Waals surface area contributed by atoms with Crippen molar-refractivity contribution >= 4 is 17.6 Å². The number of aliphatic hydroxyl groups is 1. The van der Waals surface area contributed by atoms with Crippen LogP contribution in [0, 0.1) is 11.8 Å². The molecule has 6 nitrogen and oxygen atoms in total. The minimum atomic E-state index is -1.11. The van der Waals surface area contributed by atoms with Crippen LogP contribution in [0.4, 0.5) is 5.69 Å². The van der Waals surface area contributed by atoms with Gasteiger partial charge in [-0.3, -0.25) is 0 Å². The summed E-state index contributed by atoms with van der Waals surface area (Å²) in [6.07, 6.45) is 1.00. The maximum Gasteiger partial charge on any atom is 0.354 e. The highest BCUT2D eigenvalue weighted by atomic mass is 16.5. The van der Waals surface area contributed by atoms with Gasteiger partial charge < -0.3 is 19.9 Å². The third-order valence-corrected chi connectivity index (χ3v) is 2.52. The molecule has 1 aromatic carbocycles. The average molecular weight is 317 g/mol. The van der Waals surface area contributed by atoms with Crippen LogP contribution in [0.1, 0.15) is 19.4 Å². The lowest BCUT2D eigenvalue weighted by molar-refractivity contribution is -0.138. The molecule has 0 aromatic heterocycles. The molecule has 0 aliphatic heterocycles. The Bertz CT molecular complexity index is 674. The monoisotopic (exact) mass is 317 g/mol. The summed E-state index contributed by atoms with van der Waals surface area (Å²) < 4.78 is 9.11. The lowest BCUT2D eigenvalue weighted by Gasteiger charge is -2.09. The Hall–Kier alpha value is -2.78. The van der Waals surface area contributed by atoms with E-state index in [1.54, 1.807) is 38.1 Å². The number of ether oxygens (including phenoxy) is 2. The molecule has 1 aromatic rings. The first-order chi connectivity index (χ1) is 10.7. The van der Waals surface area contributed by atoms with Crippen LogP contribution < -0.4 is 5.32 Å². The minimum Gasteiger partial charge on any atom is -0.466 e. The van der Waals surface area contributed by atoms with Crippen molar-refractivity contribution in [3.8, 4) is 11.8 Å². The van der Waals surface area contributed by atoms with Crippen LogP contribution in [0.2, 0.25) is 0 Å². The van der Waals surface area contributed by atoms with E-state index in [1.807, 2.05) is 0 Å². The van der Waals surface area contributed by atoms with E-state index in [2.05, 4.69) is 26.6 Å². The molecule has 0 heterocycles. The van der Waals surface area contributed by atoms with Gasteiger partial charge in [0.15, 0.2) is 0 Å². The predicted molar refractivity (Wildman–Crippen MR) is 85.4 cm³/mol.